The van der Waals surface area contributed by atoms with Crippen molar-refractivity contribution < 1.29 is 9.21 Å². The third-order valence-electron chi connectivity index (χ3n) is 5.08. The second-order valence-electron chi connectivity index (χ2n) is 7.07. The van der Waals surface area contributed by atoms with E-state index in [4.69, 9.17) is 16.0 Å². The minimum absolute atomic E-state index is 0.0277. The molecule has 1 aromatic carbocycles. The van der Waals surface area contributed by atoms with Gasteiger partial charge in [-0.25, -0.2) is 0 Å². The molecular formula is C24H18ClN3O2. The molecule has 0 bridgehead atoms. The van der Waals surface area contributed by atoms with Crippen molar-refractivity contribution in [3.63, 3.8) is 0 Å². The Morgan fingerprint density at radius 3 is 2.80 bits per heavy atom. The standard InChI is InChI=1S/C24H18ClN3O2/c25-20-4-2-1-3-18(20)23-8-7-17(30-23)6-5-16-13-15(9-11-26-16)22-14-19-21(28-22)10-12-27-24(19)29/h1-9,11,13-14,28H,10,12H2,(H,27,29)/b6-5+. The van der Waals surface area contributed by atoms with Gasteiger partial charge < -0.3 is 14.7 Å². The van der Waals surface area contributed by atoms with E-state index < -0.39 is 0 Å². The zero-order valence-corrected chi connectivity index (χ0v) is 16.7. The van der Waals surface area contributed by atoms with Crippen LogP contribution in [0.4, 0.5) is 0 Å². The first-order valence-electron chi connectivity index (χ1n) is 9.67. The molecule has 5 rings (SSSR count). The van der Waals surface area contributed by atoms with Crippen molar-refractivity contribution in [3.8, 4) is 22.6 Å². The van der Waals surface area contributed by atoms with Gasteiger partial charge in [0, 0.05) is 41.7 Å². The number of hydrogen-bond donors (Lipinski definition) is 2. The van der Waals surface area contributed by atoms with Crippen molar-refractivity contribution in [3.05, 3.63) is 88.5 Å². The number of nitrogens with zero attached hydrogens (tertiary/aromatic N) is 1. The number of aromatic amines is 1. The summed E-state index contributed by atoms with van der Waals surface area (Å²) >= 11 is 6.25. The Hall–Kier alpha value is -3.57. The molecule has 5 nitrogen and oxygen atoms in total. The highest BCUT2D eigenvalue weighted by molar-refractivity contribution is 6.33. The number of carbonyl (C=O) groups is 1. The zero-order chi connectivity index (χ0) is 20.5. The number of benzene rings is 1. The molecule has 0 aliphatic carbocycles. The van der Waals surface area contributed by atoms with Crippen molar-refractivity contribution in [2.24, 2.45) is 0 Å². The molecule has 0 unspecified atom stereocenters. The summed E-state index contributed by atoms with van der Waals surface area (Å²) < 4.78 is 5.90. The van der Waals surface area contributed by atoms with Crippen LogP contribution in [0.3, 0.4) is 0 Å². The first kappa shape index (κ1) is 18.5. The van der Waals surface area contributed by atoms with Crippen LogP contribution < -0.4 is 5.32 Å². The second-order valence-corrected chi connectivity index (χ2v) is 7.47. The molecule has 0 saturated carbocycles. The number of fused-ring (bicyclic) bond motifs is 1. The summed E-state index contributed by atoms with van der Waals surface area (Å²) in [6, 6.07) is 17.2. The monoisotopic (exact) mass is 415 g/mol. The van der Waals surface area contributed by atoms with Crippen LogP contribution in [0.15, 0.2) is 65.2 Å². The number of carbonyl (C=O) groups excluding carboxylic acids is 1. The SMILES string of the molecule is O=C1NCCc2[nH]c(-c3ccnc(/C=C/c4ccc(-c5ccccc5Cl)o4)c3)cc21. The van der Waals surface area contributed by atoms with E-state index >= 15 is 0 Å². The average Bonchev–Trinajstić information content (AvgIpc) is 3.41. The molecule has 0 radical (unpaired) electrons. The minimum Gasteiger partial charge on any atom is -0.457 e. The van der Waals surface area contributed by atoms with Crippen molar-refractivity contribution in [2.45, 2.75) is 6.42 Å². The van der Waals surface area contributed by atoms with Gasteiger partial charge in [-0.05, 0) is 54.6 Å². The molecule has 4 aromatic rings. The fourth-order valence-electron chi connectivity index (χ4n) is 3.57. The second kappa shape index (κ2) is 7.69. The topological polar surface area (TPSA) is 70.9 Å². The van der Waals surface area contributed by atoms with E-state index in [1.54, 1.807) is 6.20 Å². The van der Waals surface area contributed by atoms with Crippen LogP contribution in [-0.2, 0) is 6.42 Å². The normalized spacial score (nSPS) is 13.4. The highest BCUT2D eigenvalue weighted by Crippen LogP contribution is 2.30. The maximum Gasteiger partial charge on any atom is 0.253 e. The molecule has 0 saturated heterocycles. The number of H-pyrrole nitrogens is 1. The lowest BCUT2D eigenvalue weighted by molar-refractivity contribution is 0.0946. The van der Waals surface area contributed by atoms with Crippen molar-refractivity contribution in [1.82, 2.24) is 15.3 Å². The quantitative estimate of drug-likeness (QED) is 0.465. The van der Waals surface area contributed by atoms with E-state index in [0.717, 1.165) is 40.4 Å². The summed E-state index contributed by atoms with van der Waals surface area (Å²) in [5.74, 6) is 1.40. The fraction of sp³-hybridized carbons (Fsp3) is 0.0833. The summed E-state index contributed by atoms with van der Waals surface area (Å²) in [6.45, 7) is 0.662. The van der Waals surface area contributed by atoms with E-state index in [1.807, 2.05) is 66.7 Å². The van der Waals surface area contributed by atoms with E-state index in [-0.39, 0.29) is 5.91 Å². The highest BCUT2D eigenvalue weighted by Gasteiger charge is 2.19. The van der Waals surface area contributed by atoms with Crippen LogP contribution >= 0.6 is 11.6 Å². The van der Waals surface area contributed by atoms with Crippen LogP contribution in [-0.4, -0.2) is 22.4 Å². The predicted molar refractivity (Wildman–Crippen MR) is 118 cm³/mol. The van der Waals surface area contributed by atoms with Crippen molar-refractivity contribution >= 4 is 29.7 Å². The molecule has 3 aromatic heterocycles. The number of hydrogen-bond acceptors (Lipinski definition) is 3. The summed E-state index contributed by atoms with van der Waals surface area (Å²) in [7, 11) is 0. The first-order chi connectivity index (χ1) is 14.7. The largest absolute Gasteiger partial charge is 0.457 e. The summed E-state index contributed by atoms with van der Waals surface area (Å²) in [5.41, 5.74) is 5.23. The van der Waals surface area contributed by atoms with Gasteiger partial charge in [0.15, 0.2) is 0 Å². The number of rotatable bonds is 4. The molecular weight excluding hydrogens is 398 g/mol. The van der Waals surface area contributed by atoms with Gasteiger partial charge in [0.05, 0.1) is 16.3 Å². The van der Waals surface area contributed by atoms with E-state index in [1.165, 1.54) is 0 Å². The lowest BCUT2D eigenvalue weighted by Crippen LogP contribution is -2.31. The number of nitrogens with one attached hydrogen (secondary N) is 2. The van der Waals surface area contributed by atoms with Crippen LogP contribution in [0, 0.1) is 0 Å². The van der Waals surface area contributed by atoms with Crippen LogP contribution in [0.25, 0.3) is 34.7 Å². The average molecular weight is 416 g/mol. The molecule has 0 spiro atoms. The van der Waals surface area contributed by atoms with E-state index in [2.05, 4.69) is 15.3 Å². The molecule has 30 heavy (non-hydrogen) atoms. The molecule has 2 N–H and O–H groups in total. The van der Waals surface area contributed by atoms with Crippen LogP contribution in [0.1, 0.15) is 27.5 Å². The number of amides is 1. The van der Waals surface area contributed by atoms with Gasteiger partial charge in [-0.3, -0.25) is 9.78 Å². The summed E-state index contributed by atoms with van der Waals surface area (Å²) in [4.78, 5) is 19.8. The van der Waals surface area contributed by atoms with Crippen molar-refractivity contribution in [1.29, 1.82) is 0 Å². The van der Waals surface area contributed by atoms with Crippen LogP contribution in [0.2, 0.25) is 5.02 Å². The van der Waals surface area contributed by atoms with Crippen LogP contribution in [0.5, 0.6) is 0 Å². The van der Waals surface area contributed by atoms with Gasteiger partial charge in [-0.1, -0.05) is 23.7 Å². The Morgan fingerprint density at radius 2 is 1.93 bits per heavy atom. The van der Waals surface area contributed by atoms with E-state index in [9.17, 15) is 4.79 Å². The van der Waals surface area contributed by atoms with Gasteiger partial charge >= 0.3 is 0 Å². The third kappa shape index (κ3) is 3.55. The Kier molecular flexibility index (Phi) is 4.73. The first-order valence-corrected chi connectivity index (χ1v) is 10.0. The number of aromatic nitrogens is 2. The molecule has 4 heterocycles. The molecule has 1 aliphatic heterocycles. The Labute approximate surface area is 178 Å². The van der Waals surface area contributed by atoms with Gasteiger partial charge in [-0.2, -0.15) is 0 Å². The molecule has 1 amide bonds. The molecule has 148 valence electrons. The lowest BCUT2D eigenvalue weighted by Gasteiger charge is -2.10. The Morgan fingerprint density at radius 1 is 1.03 bits per heavy atom. The number of furan rings is 1. The lowest BCUT2D eigenvalue weighted by atomic mass is 10.1. The maximum atomic E-state index is 12.0. The number of halogens is 1. The van der Waals surface area contributed by atoms with Gasteiger partial charge in [-0.15, -0.1) is 0 Å². The molecule has 0 fully saturated rings. The van der Waals surface area contributed by atoms with Crippen molar-refractivity contribution in [2.75, 3.05) is 6.54 Å². The Bertz CT molecular complexity index is 1270. The molecule has 0 atom stereocenters. The maximum absolute atomic E-state index is 12.0. The third-order valence-corrected chi connectivity index (χ3v) is 5.41. The zero-order valence-electron chi connectivity index (χ0n) is 16.0. The molecule has 6 heteroatoms. The smallest absolute Gasteiger partial charge is 0.253 e. The van der Waals surface area contributed by atoms with Gasteiger partial charge in [0.1, 0.15) is 11.5 Å². The van der Waals surface area contributed by atoms with Gasteiger partial charge in [0.25, 0.3) is 5.91 Å². The highest BCUT2D eigenvalue weighted by atomic mass is 35.5. The summed E-state index contributed by atoms with van der Waals surface area (Å²) in [6.07, 6.45) is 6.34. The fourth-order valence-corrected chi connectivity index (χ4v) is 3.80. The summed E-state index contributed by atoms with van der Waals surface area (Å²) in [5, 5.41) is 3.52. The van der Waals surface area contributed by atoms with Gasteiger partial charge in [0.2, 0.25) is 0 Å². The van der Waals surface area contributed by atoms with E-state index in [0.29, 0.717) is 22.9 Å². The molecule has 1 aliphatic rings. The number of pyridine rings is 1. The predicted octanol–water partition coefficient (Wildman–Crippen LogP) is 5.45. The Balaban J connectivity index is 1.39. The minimum atomic E-state index is -0.0277.